The highest BCUT2D eigenvalue weighted by Gasteiger charge is 2.25. The van der Waals surface area contributed by atoms with Crippen LogP contribution >= 0.6 is 22.7 Å². The number of rotatable bonds is 6. The lowest BCUT2D eigenvalue weighted by molar-refractivity contribution is -0.384. The normalized spacial score (nSPS) is 13.1. The first-order chi connectivity index (χ1) is 15.9. The number of nitro groups is 1. The number of anilines is 1. The Morgan fingerprint density at radius 2 is 1.82 bits per heavy atom. The summed E-state index contributed by atoms with van der Waals surface area (Å²) in [5, 5.41) is 12.4. The Labute approximate surface area is 196 Å². The number of fused-ring (bicyclic) bond motifs is 3. The summed E-state index contributed by atoms with van der Waals surface area (Å²) < 4.78 is 13.1. The van der Waals surface area contributed by atoms with E-state index in [1.807, 2.05) is 31.1 Å². The zero-order chi connectivity index (χ0) is 23.1. The van der Waals surface area contributed by atoms with Crippen LogP contribution in [0.2, 0.25) is 0 Å². The van der Waals surface area contributed by atoms with E-state index in [1.165, 1.54) is 34.8 Å². The van der Waals surface area contributed by atoms with Crippen LogP contribution in [-0.2, 0) is 0 Å². The Kier molecular flexibility index (Phi) is 5.60. The summed E-state index contributed by atoms with van der Waals surface area (Å²) in [6, 6.07) is 10.1. The van der Waals surface area contributed by atoms with Crippen molar-refractivity contribution in [3.63, 3.8) is 0 Å². The minimum Gasteiger partial charge on any atom is -0.486 e. The molecule has 1 aliphatic rings. The van der Waals surface area contributed by atoms with Crippen molar-refractivity contribution < 1.29 is 19.2 Å². The molecule has 0 bridgehead atoms. The van der Waals surface area contributed by atoms with Crippen LogP contribution in [0.25, 0.3) is 20.3 Å². The van der Waals surface area contributed by atoms with Crippen LogP contribution in [0.1, 0.15) is 9.67 Å². The minimum absolute atomic E-state index is 0.00309. The van der Waals surface area contributed by atoms with Crippen molar-refractivity contribution >= 4 is 59.7 Å². The van der Waals surface area contributed by atoms with Gasteiger partial charge in [0.05, 0.1) is 20.0 Å². The molecule has 1 aliphatic heterocycles. The molecular weight excluding hydrogens is 464 g/mol. The molecule has 2 aromatic carbocycles. The van der Waals surface area contributed by atoms with Gasteiger partial charge in [-0.1, -0.05) is 11.3 Å². The summed E-state index contributed by atoms with van der Waals surface area (Å²) in [4.78, 5) is 33.2. The van der Waals surface area contributed by atoms with E-state index in [-0.39, 0.29) is 11.6 Å². The predicted molar refractivity (Wildman–Crippen MR) is 129 cm³/mol. The Bertz CT molecular complexity index is 1340. The molecule has 170 valence electrons. The maximum Gasteiger partial charge on any atom is 0.270 e. The summed E-state index contributed by atoms with van der Waals surface area (Å²) in [7, 11) is 3.89. The maximum atomic E-state index is 13.6. The number of hydrogen-bond acceptors (Lipinski definition) is 9. The molecule has 11 heteroatoms. The van der Waals surface area contributed by atoms with Crippen molar-refractivity contribution in [2.45, 2.75) is 0 Å². The zero-order valence-electron chi connectivity index (χ0n) is 17.9. The van der Waals surface area contributed by atoms with Crippen molar-refractivity contribution in [2.24, 2.45) is 0 Å². The number of benzene rings is 2. The van der Waals surface area contributed by atoms with E-state index in [0.717, 1.165) is 14.9 Å². The summed E-state index contributed by atoms with van der Waals surface area (Å²) in [6.45, 7) is 2.10. The van der Waals surface area contributed by atoms with E-state index < -0.39 is 4.92 Å². The number of aromatic nitrogens is 1. The third-order valence-electron chi connectivity index (χ3n) is 5.21. The van der Waals surface area contributed by atoms with Gasteiger partial charge in [-0.2, -0.15) is 0 Å². The molecule has 5 rings (SSSR count). The van der Waals surface area contributed by atoms with Crippen molar-refractivity contribution in [3.05, 3.63) is 51.4 Å². The molecule has 0 saturated heterocycles. The van der Waals surface area contributed by atoms with Gasteiger partial charge in [0.2, 0.25) is 0 Å². The van der Waals surface area contributed by atoms with E-state index in [0.29, 0.717) is 53.2 Å². The molecule has 0 aliphatic carbocycles. The molecule has 33 heavy (non-hydrogen) atoms. The number of likely N-dealkylation sites (N-methyl/N-ethyl adjacent to an activating group) is 1. The molecule has 0 atom stereocenters. The third-order valence-corrected chi connectivity index (χ3v) is 7.35. The van der Waals surface area contributed by atoms with Crippen LogP contribution in [0.15, 0.2) is 36.4 Å². The monoisotopic (exact) mass is 484 g/mol. The molecule has 1 amide bonds. The van der Waals surface area contributed by atoms with Gasteiger partial charge in [-0.15, -0.1) is 11.3 Å². The number of thiophene rings is 1. The van der Waals surface area contributed by atoms with Gasteiger partial charge in [0.1, 0.15) is 13.2 Å². The second kappa shape index (κ2) is 8.58. The van der Waals surface area contributed by atoms with Gasteiger partial charge in [-0.05, 0) is 26.2 Å². The standard InChI is InChI=1S/C22H20N4O5S2/c1-24(2)5-6-25(21(27)20-10-13-9-14(26(28)29)3-4-18(13)32-20)22-23-15-11-16-17(12-19(15)33-22)31-8-7-30-16/h3-4,9-12H,5-8H2,1-2H3. The van der Waals surface area contributed by atoms with Crippen molar-refractivity contribution in [3.8, 4) is 11.5 Å². The number of nitro benzene ring substituents is 1. The smallest absolute Gasteiger partial charge is 0.270 e. The number of amides is 1. The van der Waals surface area contributed by atoms with Gasteiger partial charge >= 0.3 is 0 Å². The highest BCUT2D eigenvalue weighted by molar-refractivity contribution is 7.23. The van der Waals surface area contributed by atoms with E-state index in [9.17, 15) is 14.9 Å². The van der Waals surface area contributed by atoms with Crippen molar-refractivity contribution in [1.82, 2.24) is 9.88 Å². The van der Waals surface area contributed by atoms with Crippen LogP contribution in [-0.4, -0.2) is 61.1 Å². The minimum atomic E-state index is -0.434. The Morgan fingerprint density at radius 3 is 2.55 bits per heavy atom. The van der Waals surface area contributed by atoms with E-state index in [4.69, 9.17) is 14.5 Å². The summed E-state index contributed by atoms with van der Waals surface area (Å²) in [5.41, 5.74) is 0.747. The average Bonchev–Trinajstić information content (AvgIpc) is 3.40. The van der Waals surface area contributed by atoms with Crippen molar-refractivity contribution in [1.29, 1.82) is 0 Å². The fourth-order valence-corrected chi connectivity index (χ4v) is 5.53. The lowest BCUT2D eigenvalue weighted by Gasteiger charge is -2.21. The van der Waals surface area contributed by atoms with E-state index in [2.05, 4.69) is 0 Å². The molecule has 9 nitrogen and oxygen atoms in total. The molecule has 0 spiro atoms. The Balaban J connectivity index is 1.52. The molecule has 0 unspecified atom stereocenters. The molecule has 0 N–H and O–H groups in total. The molecule has 2 aromatic heterocycles. The van der Waals surface area contributed by atoms with E-state index >= 15 is 0 Å². The first kappa shape index (κ1) is 21.6. The second-order valence-electron chi connectivity index (χ2n) is 7.81. The molecule has 0 saturated carbocycles. The van der Waals surface area contributed by atoms with Crippen molar-refractivity contribution in [2.75, 3.05) is 45.3 Å². The molecule has 0 fully saturated rings. The maximum absolute atomic E-state index is 13.6. The summed E-state index contributed by atoms with van der Waals surface area (Å²) >= 11 is 2.74. The quantitative estimate of drug-likeness (QED) is 0.295. The molecule has 3 heterocycles. The van der Waals surface area contributed by atoms with Crippen LogP contribution in [0, 0.1) is 10.1 Å². The van der Waals surface area contributed by atoms with Crippen LogP contribution < -0.4 is 14.4 Å². The molecule has 0 radical (unpaired) electrons. The van der Waals surface area contributed by atoms with Crippen LogP contribution in [0.4, 0.5) is 10.8 Å². The third kappa shape index (κ3) is 4.22. The van der Waals surface area contributed by atoms with Gasteiger partial charge in [0.25, 0.3) is 11.6 Å². The lowest BCUT2D eigenvalue weighted by atomic mass is 10.2. The fraction of sp³-hybridized carbons (Fsp3) is 0.273. The average molecular weight is 485 g/mol. The fourth-order valence-electron chi connectivity index (χ4n) is 3.53. The van der Waals surface area contributed by atoms with Gasteiger partial charge in [0.15, 0.2) is 16.6 Å². The lowest BCUT2D eigenvalue weighted by Crippen LogP contribution is -2.36. The Morgan fingerprint density at radius 1 is 1.06 bits per heavy atom. The largest absolute Gasteiger partial charge is 0.486 e. The SMILES string of the molecule is CN(C)CCN(C(=O)c1cc2cc([N+](=O)[O-])ccc2s1)c1nc2cc3c(cc2s1)OCCO3. The number of hydrogen-bond donors (Lipinski definition) is 0. The van der Waals surface area contributed by atoms with Crippen LogP contribution in [0.3, 0.4) is 0 Å². The Hall–Kier alpha value is -3.28. The molecule has 4 aromatic rings. The molecular formula is C22H20N4O5S2. The highest BCUT2D eigenvalue weighted by Crippen LogP contribution is 2.39. The topological polar surface area (TPSA) is 98.0 Å². The van der Waals surface area contributed by atoms with E-state index in [1.54, 1.807) is 17.0 Å². The second-order valence-corrected chi connectivity index (χ2v) is 9.90. The number of nitrogens with zero attached hydrogens (tertiary/aromatic N) is 4. The van der Waals surface area contributed by atoms with Gasteiger partial charge in [-0.25, -0.2) is 4.98 Å². The van der Waals surface area contributed by atoms with Gasteiger partial charge in [-0.3, -0.25) is 19.8 Å². The zero-order valence-corrected chi connectivity index (χ0v) is 19.6. The number of non-ortho nitro benzene ring substituents is 1. The summed E-state index contributed by atoms with van der Waals surface area (Å²) in [5.74, 6) is 1.15. The predicted octanol–water partition coefficient (Wildman–Crippen LogP) is 4.40. The first-order valence-electron chi connectivity index (χ1n) is 10.2. The number of ether oxygens (including phenoxy) is 2. The van der Waals surface area contributed by atoms with Gasteiger partial charge < -0.3 is 14.4 Å². The van der Waals surface area contributed by atoms with Gasteiger partial charge in [0, 0.05) is 47.4 Å². The van der Waals surface area contributed by atoms with Crippen LogP contribution in [0.5, 0.6) is 11.5 Å². The number of carbonyl (C=O) groups excluding carboxylic acids is 1. The number of thiazole rings is 1. The number of carbonyl (C=O) groups is 1. The highest BCUT2D eigenvalue weighted by atomic mass is 32.1. The summed E-state index contributed by atoms with van der Waals surface area (Å²) in [6.07, 6.45) is 0. The first-order valence-corrected chi connectivity index (χ1v) is 11.9.